The molecule has 0 radical (unpaired) electrons. The zero-order valence-electron chi connectivity index (χ0n) is 10.5. The van der Waals surface area contributed by atoms with Gasteiger partial charge in [-0.1, -0.05) is 42.5 Å². The van der Waals surface area contributed by atoms with Crippen LogP contribution in [0.1, 0.15) is 32.1 Å². The van der Waals surface area contributed by atoms with Crippen LogP contribution in [-0.4, -0.2) is 17.4 Å². The van der Waals surface area contributed by atoms with Gasteiger partial charge < -0.3 is 5.11 Å². The minimum atomic E-state index is -0.737. The molecule has 1 N–H and O–H groups in total. The lowest BCUT2D eigenvalue weighted by Crippen LogP contribution is -1.92. The van der Waals surface area contributed by atoms with Crippen LogP contribution in [0, 0.1) is 0 Å². The van der Waals surface area contributed by atoms with Crippen LogP contribution < -0.4 is 0 Å². The molecule has 18 heavy (non-hydrogen) atoms. The molecular weight excluding hydrogens is 228 g/mol. The molecule has 0 heterocycles. The largest absolute Gasteiger partial charge is 0.481 e. The van der Waals surface area contributed by atoms with Crippen LogP contribution in [0.5, 0.6) is 0 Å². The maximum Gasteiger partial charge on any atom is 0.303 e. The number of aldehydes is 1. The molecule has 0 aromatic heterocycles. The first-order valence-electron chi connectivity index (χ1n) is 6.06. The van der Waals surface area contributed by atoms with Crippen molar-refractivity contribution in [3.8, 4) is 0 Å². The summed E-state index contributed by atoms with van der Waals surface area (Å²) in [6, 6.07) is 0. The molecule has 0 bridgehead atoms. The Labute approximate surface area is 108 Å². The zero-order valence-corrected chi connectivity index (χ0v) is 10.5. The Bertz CT molecular complexity index is 336. The molecule has 98 valence electrons. The topological polar surface area (TPSA) is 54.4 Å². The quantitative estimate of drug-likeness (QED) is 0.212. The van der Waals surface area contributed by atoms with Crippen molar-refractivity contribution < 1.29 is 14.7 Å². The van der Waals surface area contributed by atoms with E-state index in [0.717, 1.165) is 25.5 Å². The molecule has 0 aliphatic rings. The number of unbranched alkanes of at least 4 members (excludes halogenated alkanes) is 1. The summed E-state index contributed by atoms with van der Waals surface area (Å²) in [5.74, 6) is -0.737. The van der Waals surface area contributed by atoms with Crippen molar-refractivity contribution in [1.82, 2.24) is 0 Å². The lowest BCUT2D eigenvalue weighted by atomic mass is 10.2. The number of hydrogen-bond donors (Lipinski definition) is 1. The predicted octanol–water partition coefficient (Wildman–Crippen LogP) is 3.45. The van der Waals surface area contributed by atoms with Gasteiger partial charge in [0.05, 0.1) is 0 Å². The SMILES string of the molecule is O=C/C=C/C=C\C/C=C\C/C=C\CCCC(=O)O. The first-order valence-corrected chi connectivity index (χ1v) is 6.06. The molecular formula is C15H20O3. The summed E-state index contributed by atoms with van der Waals surface area (Å²) in [4.78, 5) is 20.2. The number of rotatable bonds is 10. The number of aliphatic carboxylic acids is 1. The second kappa shape index (κ2) is 13.2. The van der Waals surface area contributed by atoms with Crippen molar-refractivity contribution in [2.45, 2.75) is 32.1 Å². The minimum absolute atomic E-state index is 0.235. The van der Waals surface area contributed by atoms with Crippen LogP contribution >= 0.6 is 0 Å². The van der Waals surface area contributed by atoms with Gasteiger partial charge in [-0.05, 0) is 31.8 Å². The summed E-state index contributed by atoms with van der Waals surface area (Å²) >= 11 is 0. The third-order valence-electron chi connectivity index (χ3n) is 2.08. The molecule has 0 saturated heterocycles. The van der Waals surface area contributed by atoms with E-state index in [4.69, 9.17) is 5.11 Å². The number of carboxylic acids is 1. The second-order valence-corrected chi connectivity index (χ2v) is 3.65. The smallest absolute Gasteiger partial charge is 0.303 e. The molecule has 0 spiro atoms. The van der Waals surface area contributed by atoms with Gasteiger partial charge in [0.1, 0.15) is 6.29 Å². The Kier molecular flexibility index (Phi) is 11.8. The standard InChI is InChI=1S/C15H20O3/c16-14-12-10-8-6-4-2-1-3-5-7-9-11-13-15(17)18/h1-2,5-8,10,12,14H,3-4,9,11,13H2,(H,17,18)/b2-1-,7-5-,8-6-,12-10+. The summed E-state index contributed by atoms with van der Waals surface area (Å²) in [5, 5.41) is 8.42. The molecule has 0 atom stereocenters. The van der Waals surface area contributed by atoms with E-state index in [-0.39, 0.29) is 6.42 Å². The Hall–Kier alpha value is -1.90. The lowest BCUT2D eigenvalue weighted by Gasteiger charge is -1.89. The maximum atomic E-state index is 10.2. The Morgan fingerprint density at radius 2 is 1.56 bits per heavy atom. The molecule has 0 aromatic carbocycles. The van der Waals surface area contributed by atoms with Gasteiger partial charge in [0, 0.05) is 6.42 Å². The number of allylic oxidation sites excluding steroid dienone is 8. The van der Waals surface area contributed by atoms with Crippen molar-refractivity contribution in [2.75, 3.05) is 0 Å². The van der Waals surface area contributed by atoms with Gasteiger partial charge in [-0.15, -0.1) is 0 Å². The first-order chi connectivity index (χ1) is 8.77. The van der Waals surface area contributed by atoms with Crippen molar-refractivity contribution in [1.29, 1.82) is 0 Å². The van der Waals surface area contributed by atoms with Crippen LogP contribution in [0.15, 0.2) is 48.6 Å². The van der Waals surface area contributed by atoms with E-state index in [1.54, 1.807) is 6.08 Å². The number of carbonyl (C=O) groups excluding carboxylic acids is 1. The van der Waals surface area contributed by atoms with E-state index >= 15 is 0 Å². The normalized spacial score (nSPS) is 12.2. The van der Waals surface area contributed by atoms with E-state index in [2.05, 4.69) is 6.08 Å². The van der Waals surface area contributed by atoms with Gasteiger partial charge >= 0.3 is 5.97 Å². The van der Waals surface area contributed by atoms with Crippen LogP contribution in [0.2, 0.25) is 0 Å². The highest BCUT2D eigenvalue weighted by molar-refractivity contribution is 5.66. The molecule has 0 fully saturated rings. The Morgan fingerprint density at radius 3 is 2.22 bits per heavy atom. The summed E-state index contributed by atoms with van der Waals surface area (Å²) in [7, 11) is 0. The van der Waals surface area contributed by atoms with Gasteiger partial charge in [-0.2, -0.15) is 0 Å². The first kappa shape index (κ1) is 16.1. The van der Waals surface area contributed by atoms with Crippen molar-refractivity contribution in [2.24, 2.45) is 0 Å². The molecule has 0 aromatic rings. The fourth-order valence-electron chi connectivity index (χ4n) is 1.20. The van der Waals surface area contributed by atoms with Crippen LogP contribution in [-0.2, 0) is 9.59 Å². The number of carboxylic acid groups (broad SMARTS) is 1. The highest BCUT2D eigenvalue weighted by atomic mass is 16.4. The third kappa shape index (κ3) is 14.1. The highest BCUT2D eigenvalue weighted by Gasteiger charge is 1.92. The van der Waals surface area contributed by atoms with E-state index in [1.165, 1.54) is 6.08 Å². The molecule has 3 nitrogen and oxygen atoms in total. The van der Waals surface area contributed by atoms with Gasteiger partial charge in [-0.3, -0.25) is 9.59 Å². The molecule has 0 amide bonds. The van der Waals surface area contributed by atoms with Crippen LogP contribution in [0.4, 0.5) is 0 Å². The lowest BCUT2D eigenvalue weighted by molar-refractivity contribution is -0.137. The molecule has 0 rings (SSSR count). The maximum absolute atomic E-state index is 10.2. The van der Waals surface area contributed by atoms with Crippen LogP contribution in [0.25, 0.3) is 0 Å². The monoisotopic (exact) mass is 248 g/mol. The summed E-state index contributed by atoms with van der Waals surface area (Å²) in [6.07, 6.45) is 19.3. The molecule has 0 aliphatic heterocycles. The van der Waals surface area contributed by atoms with Gasteiger partial charge in [0.25, 0.3) is 0 Å². The zero-order chi connectivity index (χ0) is 13.5. The van der Waals surface area contributed by atoms with Crippen molar-refractivity contribution >= 4 is 12.3 Å². The Morgan fingerprint density at radius 1 is 0.889 bits per heavy atom. The summed E-state index contributed by atoms with van der Waals surface area (Å²) in [5.41, 5.74) is 0. The molecule has 3 heteroatoms. The van der Waals surface area contributed by atoms with Gasteiger partial charge in [-0.25, -0.2) is 0 Å². The van der Waals surface area contributed by atoms with E-state index in [1.807, 2.05) is 30.4 Å². The van der Waals surface area contributed by atoms with Gasteiger partial charge in [0.15, 0.2) is 0 Å². The van der Waals surface area contributed by atoms with Crippen molar-refractivity contribution in [3.63, 3.8) is 0 Å². The second-order valence-electron chi connectivity index (χ2n) is 3.65. The summed E-state index contributed by atoms with van der Waals surface area (Å²) < 4.78 is 0. The van der Waals surface area contributed by atoms with Crippen molar-refractivity contribution in [3.05, 3.63) is 48.6 Å². The van der Waals surface area contributed by atoms with E-state index in [9.17, 15) is 9.59 Å². The average molecular weight is 248 g/mol. The highest BCUT2D eigenvalue weighted by Crippen LogP contribution is 1.98. The fraction of sp³-hybridized carbons (Fsp3) is 0.333. The predicted molar refractivity (Wildman–Crippen MR) is 73.3 cm³/mol. The van der Waals surface area contributed by atoms with E-state index in [0.29, 0.717) is 6.42 Å². The fourth-order valence-corrected chi connectivity index (χ4v) is 1.20. The molecule has 0 aliphatic carbocycles. The van der Waals surface area contributed by atoms with Gasteiger partial charge in [0.2, 0.25) is 0 Å². The van der Waals surface area contributed by atoms with E-state index < -0.39 is 5.97 Å². The molecule has 0 saturated carbocycles. The number of carbonyl (C=O) groups is 2. The number of hydrogen-bond acceptors (Lipinski definition) is 2. The molecule has 0 unspecified atom stereocenters. The van der Waals surface area contributed by atoms with Crippen LogP contribution in [0.3, 0.4) is 0 Å². The minimum Gasteiger partial charge on any atom is -0.481 e. The summed E-state index contributed by atoms with van der Waals surface area (Å²) in [6.45, 7) is 0. The average Bonchev–Trinajstić information content (AvgIpc) is 2.34. The third-order valence-corrected chi connectivity index (χ3v) is 2.08. The Balaban J connectivity index is 3.44.